The maximum atomic E-state index is 12.6. The first-order valence-electron chi connectivity index (χ1n) is 8.04. The van der Waals surface area contributed by atoms with Crippen LogP contribution in [0.4, 0.5) is 0 Å². The summed E-state index contributed by atoms with van der Waals surface area (Å²) in [5.41, 5.74) is 1.85. The highest BCUT2D eigenvalue weighted by Crippen LogP contribution is 2.21. The second-order valence-corrected chi connectivity index (χ2v) is 7.57. The Balaban J connectivity index is 1.74. The van der Waals surface area contributed by atoms with Crippen LogP contribution < -0.4 is 9.46 Å². The van der Waals surface area contributed by atoms with Gasteiger partial charge in [0.1, 0.15) is 10.6 Å². The summed E-state index contributed by atoms with van der Waals surface area (Å²) < 4.78 is 35.1. The van der Waals surface area contributed by atoms with Crippen molar-refractivity contribution in [2.75, 3.05) is 0 Å². The molecule has 2 heterocycles. The molecule has 0 fully saturated rings. The average molecular weight is 372 g/mol. The van der Waals surface area contributed by atoms with Gasteiger partial charge in [0.25, 0.3) is 0 Å². The largest absolute Gasteiger partial charge is 0.439 e. The Morgan fingerprint density at radius 1 is 1.15 bits per heavy atom. The standard InChI is InChI=1S/C18H20N4O3S/c1-13-18(14(2)22(3)21-13)26(23,24)20-12-15-7-6-8-16(11-15)25-17-9-4-5-10-19-17/h4-11,20H,12H2,1-3H3. The molecular weight excluding hydrogens is 352 g/mol. The Kier molecular flexibility index (Phi) is 5.06. The van der Waals surface area contributed by atoms with Gasteiger partial charge in [-0.15, -0.1) is 0 Å². The Bertz CT molecular complexity index is 1010. The van der Waals surface area contributed by atoms with Crippen LogP contribution in [-0.2, 0) is 23.6 Å². The highest BCUT2D eigenvalue weighted by Gasteiger charge is 2.23. The van der Waals surface area contributed by atoms with Gasteiger partial charge in [-0.05, 0) is 37.6 Å². The van der Waals surface area contributed by atoms with Crippen molar-refractivity contribution in [2.24, 2.45) is 7.05 Å². The lowest BCUT2D eigenvalue weighted by Crippen LogP contribution is -2.24. The molecule has 0 radical (unpaired) electrons. The zero-order valence-corrected chi connectivity index (χ0v) is 15.6. The fourth-order valence-electron chi connectivity index (χ4n) is 2.64. The lowest BCUT2D eigenvalue weighted by atomic mass is 10.2. The monoisotopic (exact) mass is 372 g/mol. The molecule has 8 heteroatoms. The quantitative estimate of drug-likeness (QED) is 0.719. The smallest absolute Gasteiger partial charge is 0.244 e. The van der Waals surface area contributed by atoms with E-state index in [1.54, 1.807) is 56.0 Å². The summed E-state index contributed by atoms with van der Waals surface area (Å²) in [7, 11) is -1.94. The summed E-state index contributed by atoms with van der Waals surface area (Å²) in [6.07, 6.45) is 1.64. The van der Waals surface area contributed by atoms with Crippen LogP contribution in [0.2, 0.25) is 0 Å². The fourth-order valence-corrected chi connectivity index (χ4v) is 4.09. The molecule has 0 atom stereocenters. The number of nitrogens with one attached hydrogen (secondary N) is 1. The fraction of sp³-hybridized carbons (Fsp3) is 0.222. The number of sulfonamides is 1. The lowest BCUT2D eigenvalue weighted by molar-refractivity contribution is 0.462. The van der Waals surface area contributed by atoms with E-state index in [4.69, 9.17) is 4.74 Å². The van der Waals surface area contributed by atoms with E-state index in [2.05, 4.69) is 14.8 Å². The lowest BCUT2D eigenvalue weighted by Gasteiger charge is -2.09. The molecule has 26 heavy (non-hydrogen) atoms. The Morgan fingerprint density at radius 3 is 2.62 bits per heavy atom. The van der Waals surface area contributed by atoms with Crippen LogP contribution in [-0.4, -0.2) is 23.2 Å². The van der Waals surface area contributed by atoms with Crippen LogP contribution in [0, 0.1) is 13.8 Å². The van der Waals surface area contributed by atoms with Crippen molar-refractivity contribution < 1.29 is 13.2 Å². The molecule has 0 unspecified atom stereocenters. The predicted octanol–water partition coefficient (Wildman–Crippen LogP) is 2.70. The van der Waals surface area contributed by atoms with Crippen molar-refractivity contribution in [2.45, 2.75) is 25.3 Å². The molecule has 0 bridgehead atoms. The molecule has 0 saturated carbocycles. The van der Waals surface area contributed by atoms with Gasteiger partial charge in [-0.2, -0.15) is 5.10 Å². The van der Waals surface area contributed by atoms with Crippen molar-refractivity contribution in [3.63, 3.8) is 0 Å². The molecule has 1 aromatic carbocycles. The third-order valence-corrected chi connectivity index (χ3v) is 5.59. The highest BCUT2D eigenvalue weighted by atomic mass is 32.2. The third kappa shape index (κ3) is 3.92. The first kappa shape index (κ1) is 18.1. The minimum Gasteiger partial charge on any atom is -0.439 e. The maximum Gasteiger partial charge on any atom is 0.244 e. The zero-order chi connectivity index (χ0) is 18.7. The number of benzene rings is 1. The van der Waals surface area contributed by atoms with Crippen LogP contribution in [0.3, 0.4) is 0 Å². The molecule has 0 amide bonds. The highest BCUT2D eigenvalue weighted by molar-refractivity contribution is 7.89. The minimum absolute atomic E-state index is 0.148. The van der Waals surface area contributed by atoms with Gasteiger partial charge in [0.05, 0.1) is 11.4 Å². The van der Waals surface area contributed by atoms with Crippen molar-refractivity contribution in [3.8, 4) is 11.6 Å². The summed E-state index contributed by atoms with van der Waals surface area (Å²) in [6, 6.07) is 12.6. The number of pyridine rings is 1. The van der Waals surface area contributed by atoms with E-state index >= 15 is 0 Å². The number of aryl methyl sites for hydroxylation is 2. The Morgan fingerprint density at radius 2 is 1.96 bits per heavy atom. The molecule has 3 aromatic rings. The van der Waals surface area contributed by atoms with Gasteiger partial charge in [0, 0.05) is 25.9 Å². The van der Waals surface area contributed by atoms with Crippen molar-refractivity contribution in [3.05, 3.63) is 65.6 Å². The minimum atomic E-state index is -3.66. The van der Waals surface area contributed by atoms with Gasteiger partial charge in [0.2, 0.25) is 15.9 Å². The van der Waals surface area contributed by atoms with Crippen LogP contribution in [0.15, 0.2) is 53.6 Å². The second-order valence-electron chi connectivity index (χ2n) is 5.87. The van der Waals surface area contributed by atoms with Crippen LogP contribution >= 0.6 is 0 Å². The molecule has 1 N–H and O–H groups in total. The zero-order valence-electron chi connectivity index (χ0n) is 14.8. The van der Waals surface area contributed by atoms with Crippen LogP contribution in [0.25, 0.3) is 0 Å². The Labute approximate surface area is 152 Å². The molecular formula is C18H20N4O3S. The molecule has 2 aromatic heterocycles. The summed E-state index contributed by atoms with van der Waals surface area (Å²) in [5, 5.41) is 4.16. The molecule has 0 saturated heterocycles. The van der Waals surface area contributed by atoms with Crippen LogP contribution in [0.1, 0.15) is 17.0 Å². The second kappa shape index (κ2) is 7.27. The topological polar surface area (TPSA) is 86.1 Å². The van der Waals surface area contributed by atoms with Gasteiger partial charge in [0.15, 0.2) is 0 Å². The SMILES string of the molecule is Cc1nn(C)c(C)c1S(=O)(=O)NCc1cccc(Oc2ccccn2)c1. The number of ether oxygens (including phenoxy) is 1. The first-order chi connectivity index (χ1) is 12.4. The summed E-state index contributed by atoms with van der Waals surface area (Å²) in [5.74, 6) is 1.07. The van der Waals surface area contributed by atoms with Crippen molar-refractivity contribution >= 4 is 10.0 Å². The van der Waals surface area contributed by atoms with Crippen LogP contribution in [0.5, 0.6) is 11.6 Å². The molecule has 0 aliphatic rings. The first-order valence-corrected chi connectivity index (χ1v) is 9.53. The number of aromatic nitrogens is 3. The number of nitrogens with zero attached hydrogens (tertiary/aromatic N) is 3. The summed E-state index contributed by atoms with van der Waals surface area (Å²) in [6.45, 7) is 3.56. The number of hydrogen-bond donors (Lipinski definition) is 1. The van der Waals surface area contributed by atoms with E-state index in [0.717, 1.165) is 5.56 Å². The molecule has 7 nitrogen and oxygen atoms in total. The summed E-state index contributed by atoms with van der Waals surface area (Å²) in [4.78, 5) is 4.33. The van der Waals surface area contributed by atoms with Gasteiger partial charge in [-0.1, -0.05) is 18.2 Å². The Hall–Kier alpha value is -2.71. The van der Waals surface area contributed by atoms with E-state index in [1.807, 2.05) is 18.2 Å². The van der Waals surface area contributed by atoms with Gasteiger partial charge in [-0.3, -0.25) is 4.68 Å². The number of rotatable bonds is 6. The van der Waals surface area contributed by atoms with Gasteiger partial charge in [-0.25, -0.2) is 18.1 Å². The predicted molar refractivity (Wildman–Crippen MR) is 97.5 cm³/mol. The number of hydrogen-bond acceptors (Lipinski definition) is 5. The van der Waals surface area contributed by atoms with E-state index < -0.39 is 10.0 Å². The van der Waals surface area contributed by atoms with E-state index in [1.165, 1.54) is 0 Å². The molecule has 136 valence electrons. The van der Waals surface area contributed by atoms with E-state index in [0.29, 0.717) is 23.0 Å². The molecule has 3 rings (SSSR count). The average Bonchev–Trinajstić information content (AvgIpc) is 2.87. The van der Waals surface area contributed by atoms with E-state index in [-0.39, 0.29) is 11.4 Å². The summed E-state index contributed by atoms with van der Waals surface area (Å²) >= 11 is 0. The maximum absolute atomic E-state index is 12.6. The van der Waals surface area contributed by atoms with Gasteiger partial charge >= 0.3 is 0 Å². The molecule has 0 aliphatic heterocycles. The van der Waals surface area contributed by atoms with Crippen molar-refractivity contribution in [1.29, 1.82) is 0 Å². The normalized spacial score (nSPS) is 11.5. The third-order valence-electron chi connectivity index (χ3n) is 3.94. The molecule has 0 spiro atoms. The van der Waals surface area contributed by atoms with E-state index in [9.17, 15) is 8.42 Å². The van der Waals surface area contributed by atoms with Gasteiger partial charge < -0.3 is 4.74 Å². The van der Waals surface area contributed by atoms with Crippen molar-refractivity contribution in [1.82, 2.24) is 19.5 Å². The molecule has 0 aliphatic carbocycles.